The number of hydroxylamine groups is 2. The Kier molecular flexibility index (Phi) is 6.29. The van der Waals surface area contributed by atoms with E-state index in [0.29, 0.717) is 37.0 Å². The van der Waals surface area contributed by atoms with E-state index in [0.717, 1.165) is 11.1 Å². The SMILES string of the molecule is CN(O)C(=O)[C@H]1C[C@H](Oc2ccccn2)CN[C@@H]1C(=O)N1CC=C(c2ccccc2)C1. The van der Waals surface area contributed by atoms with Crippen molar-refractivity contribution in [2.45, 2.75) is 18.6 Å². The number of rotatable bonds is 5. The Morgan fingerprint density at radius 2 is 1.97 bits per heavy atom. The highest BCUT2D eigenvalue weighted by Gasteiger charge is 2.43. The van der Waals surface area contributed by atoms with Gasteiger partial charge in [-0.25, -0.2) is 10.0 Å². The fourth-order valence-corrected chi connectivity index (χ4v) is 4.10. The number of carbonyl (C=O) groups excluding carboxylic acids is 2. The molecular formula is C23H26N4O4. The van der Waals surface area contributed by atoms with Gasteiger partial charge in [0.1, 0.15) is 6.10 Å². The fraction of sp³-hybridized carbons (Fsp3) is 0.348. The largest absolute Gasteiger partial charge is 0.473 e. The molecule has 0 unspecified atom stereocenters. The molecule has 31 heavy (non-hydrogen) atoms. The van der Waals surface area contributed by atoms with Gasteiger partial charge in [0.15, 0.2) is 0 Å². The zero-order valence-electron chi connectivity index (χ0n) is 17.3. The predicted octanol–water partition coefficient (Wildman–Crippen LogP) is 1.58. The quantitative estimate of drug-likeness (QED) is 0.561. The van der Waals surface area contributed by atoms with Gasteiger partial charge in [-0.2, -0.15) is 0 Å². The number of amides is 2. The lowest BCUT2D eigenvalue weighted by molar-refractivity contribution is -0.169. The molecule has 2 aliphatic rings. The average molecular weight is 422 g/mol. The lowest BCUT2D eigenvalue weighted by Gasteiger charge is -2.37. The topological polar surface area (TPSA) is 95.0 Å². The second-order valence-corrected chi connectivity index (χ2v) is 7.81. The van der Waals surface area contributed by atoms with E-state index in [1.165, 1.54) is 7.05 Å². The van der Waals surface area contributed by atoms with Crippen molar-refractivity contribution in [1.82, 2.24) is 20.3 Å². The molecule has 0 radical (unpaired) electrons. The van der Waals surface area contributed by atoms with E-state index in [-0.39, 0.29) is 12.0 Å². The third-order valence-corrected chi connectivity index (χ3v) is 5.69. The summed E-state index contributed by atoms with van der Waals surface area (Å²) in [7, 11) is 1.28. The summed E-state index contributed by atoms with van der Waals surface area (Å²) in [4.78, 5) is 31.9. The zero-order chi connectivity index (χ0) is 21.8. The van der Waals surface area contributed by atoms with Crippen LogP contribution >= 0.6 is 0 Å². The van der Waals surface area contributed by atoms with Gasteiger partial charge in [-0.1, -0.05) is 42.5 Å². The van der Waals surface area contributed by atoms with Gasteiger partial charge < -0.3 is 15.0 Å². The van der Waals surface area contributed by atoms with E-state index >= 15 is 0 Å². The van der Waals surface area contributed by atoms with Crippen molar-refractivity contribution in [3.63, 3.8) is 0 Å². The van der Waals surface area contributed by atoms with Crippen LogP contribution in [0.4, 0.5) is 0 Å². The number of piperidine rings is 1. The maximum Gasteiger partial charge on any atom is 0.251 e. The summed E-state index contributed by atoms with van der Waals surface area (Å²) in [6.45, 7) is 1.38. The molecule has 8 heteroatoms. The van der Waals surface area contributed by atoms with E-state index < -0.39 is 17.9 Å². The van der Waals surface area contributed by atoms with Crippen molar-refractivity contribution in [3.05, 3.63) is 66.4 Å². The first-order chi connectivity index (χ1) is 15.0. The summed E-state index contributed by atoms with van der Waals surface area (Å²) in [5.74, 6) is -0.959. The number of aromatic nitrogens is 1. The van der Waals surface area contributed by atoms with E-state index in [9.17, 15) is 14.8 Å². The van der Waals surface area contributed by atoms with Gasteiger partial charge in [0.2, 0.25) is 11.8 Å². The van der Waals surface area contributed by atoms with Crippen molar-refractivity contribution >= 4 is 17.4 Å². The van der Waals surface area contributed by atoms with Crippen molar-refractivity contribution in [1.29, 1.82) is 0 Å². The summed E-state index contributed by atoms with van der Waals surface area (Å²) in [5.41, 5.74) is 2.17. The second kappa shape index (κ2) is 9.28. The van der Waals surface area contributed by atoms with Gasteiger partial charge in [-0.05, 0) is 23.6 Å². The highest BCUT2D eigenvalue weighted by Crippen LogP contribution is 2.26. The first-order valence-electron chi connectivity index (χ1n) is 10.3. The van der Waals surface area contributed by atoms with Crippen LogP contribution in [0.15, 0.2) is 60.8 Å². The molecule has 2 amide bonds. The van der Waals surface area contributed by atoms with Crippen LogP contribution < -0.4 is 10.1 Å². The minimum atomic E-state index is -0.745. The summed E-state index contributed by atoms with van der Waals surface area (Å²) >= 11 is 0. The minimum Gasteiger partial charge on any atom is -0.473 e. The third-order valence-electron chi connectivity index (χ3n) is 5.69. The number of ether oxygens (including phenoxy) is 1. The summed E-state index contributed by atoms with van der Waals surface area (Å²) in [5, 5.41) is 13.5. The number of benzene rings is 1. The Morgan fingerprint density at radius 3 is 2.68 bits per heavy atom. The molecule has 4 rings (SSSR count). The molecule has 2 N–H and O–H groups in total. The molecule has 0 bridgehead atoms. The molecule has 1 aromatic carbocycles. The molecule has 0 spiro atoms. The number of carbonyl (C=O) groups is 2. The number of nitrogens with zero attached hydrogens (tertiary/aromatic N) is 3. The standard InChI is InChI=1S/C23H26N4O4/c1-26(30)22(28)19-13-18(31-20-9-5-6-11-24-20)14-25-21(19)23(29)27-12-10-17(15-27)16-7-3-2-4-8-16/h2-11,18-19,21,25,30H,12-15H2,1H3/t18-,19-,21-/m0/s1. The molecule has 3 heterocycles. The lowest BCUT2D eigenvalue weighted by Crippen LogP contribution is -2.60. The molecule has 0 aliphatic carbocycles. The highest BCUT2D eigenvalue weighted by molar-refractivity contribution is 5.91. The number of hydrogen-bond acceptors (Lipinski definition) is 6. The maximum atomic E-state index is 13.3. The second-order valence-electron chi connectivity index (χ2n) is 7.81. The summed E-state index contributed by atoms with van der Waals surface area (Å²) in [6, 6.07) is 14.6. The Labute approximate surface area is 181 Å². The van der Waals surface area contributed by atoms with Gasteiger partial charge in [0.05, 0.1) is 12.0 Å². The minimum absolute atomic E-state index is 0.154. The predicted molar refractivity (Wildman–Crippen MR) is 114 cm³/mol. The zero-order valence-corrected chi connectivity index (χ0v) is 17.3. The van der Waals surface area contributed by atoms with Gasteiger partial charge in [-0.3, -0.25) is 14.8 Å². The van der Waals surface area contributed by atoms with Crippen molar-refractivity contribution in [2.75, 3.05) is 26.7 Å². The van der Waals surface area contributed by atoms with Crippen LogP contribution in [-0.2, 0) is 9.59 Å². The molecule has 1 aromatic heterocycles. The van der Waals surface area contributed by atoms with E-state index in [2.05, 4.69) is 10.3 Å². The number of pyridine rings is 1. The summed E-state index contributed by atoms with van der Waals surface area (Å²) < 4.78 is 5.88. The molecule has 0 saturated carbocycles. The lowest BCUT2D eigenvalue weighted by atomic mass is 9.87. The molecule has 8 nitrogen and oxygen atoms in total. The fourth-order valence-electron chi connectivity index (χ4n) is 4.10. The molecule has 1 saturated heterocycles. The Bertz CT molecular complexity index is 949. The molecule has 2 aromatic rings. The Morgan fingerprint density at radius 1 is 1.19 bits per heavy atom. The Hall–Kier alpha value is -3.23. The van der Waals surface area contributed by atoms with Gasteiger partial charge in [0.25, 0.3) is 5.91 Å². The maximum absolute atomic E-state index is 13.3. The number of hydrogen-bond donors (Lipinski definition) is 2. The molecular weight excluding hydrogens is 396 g/mol. The van der Waals surface area contributed by atoms with Gasteiger partial charge in [-0.15, -0.1) is 0 Å². The Balaban J connectivity index is 1.45. The van der Waals surface area contributed by atoms with Crippen LogP contribution in [-0.4, -0.2) is 70.8 Å². The van der Waals surface area contributed by atoms with Crippen LogP contribution in [0.25, 0.3) is 5.57 Å². The van der Waals surface area contributed by atoms with Crippen LogP contribution in [0.1, 0.15) is 12.0 Å². The van der Waals surface area contributed by atoms with Gasteiger partial charge in [0, 0.05) is 38.9 Å². The van der Waals surface area contributed by atoms with Crippen LogP contribution in [0, 0.1) is 5.92 Å². The highest BCUT2D eigenvalue weighted by atomic mass is 16.5. The average Bonchev–Trinajstić information content (AvgIpc) is 3.30. The van der Waals surface area contributed by atoms with Gasteiger partial charge >= 0.3 is 0 Å². The van der Waals surface area contributed by atoms with E-state index in [1.54, 1.807) is 23.2 Å². The van der Waals surface area contributed by atoms with Crippen molar-refractivity contribution < 1.29 is 19.5 Å². The first kappa shape index (κ1) is 21.0. The molecule has 3 atom stereocenters. The molecule has 1 fully saturated rings. The van der Waals surface area contributed by atoms with E-state index in [1.807, 2.05) is 42.5 Å². The monoisotopic (exact) mass is 422 g/mol. The normalized spacial score (nSPS) is 23.2. The molecule has 2 aliphatic heterocycles. The van der Waals surface area contributed by atoms with E-state index in [4.69, 9.17) is 4.74 Å². The first-order valence-corrected chi connectivity index (χ1v) is 10.3. The summed E-state index contributed by atoms with van der Waals surface area (Å²) in [6.07, 6.45) is 3.63. The van der Waals surface area contributed by atoms with Crippen molar-refractivity contribution in [2.24, 2.45) is 5.92 Å². The smallest absolute Gasteiger partial charge is 0.251 e. The van der Waals surface area contributed by atoms with Crippen molar-refractivity contribution in [3.8, 4) is 5.88 Å². The van der Waals surface area contributed by atoms with Crippen LogP contribution in [0.3, 0.4) is 0 Å². The van der Waals surface area contributed by atoms with Crippen LogP contribution in [0.5, 0.6) is 5.88 Å². The number of nitrogens with one attached hydrogen (secondary N) is 1. The third kappa shape index (κ3) is 4.76. The van der Waals surface area contributed by atoms with Crippen LogP contribution in [0.2, 0.25) is 0 Å². The molecule has 162 valence electrons.